The van der Waals surface area contributed by atoms with E-state index in [1.54, 1.807) is 31.3 Å². The monoisotopic (exact) mass is 780 g/mol. The largest absolute Gasteiger partial charge is 0.497 e. The molecule has 0 spiro atoms. The summed E-state index contributed by atoms with van der Waals surface area (Å²) in [7, 11) is 3.21. The zero-order chi connectivity index (χ0) is 40.7. The van der Waals surface area contributed by atoms with Gasteiger partial charge in [-0.3, -0.25) is 9.59 Å². The highest BCUT2D eigenvalue weighted by Gasteiger charge is 2.55. The van der Waals surface area contributed by atoms with Gasteiger partial charge in [-0.1, -0.05) is 30.7 Å². The van der Waals surface area contributed by atoms with Crippen LogP contribution in [0.4, 0.5) is 9.18 Å². The number of likely N-dealkylation sites (tertiary alicyclic amines) is 1. The van der Waals surface area contributed by atoms with Gasteiger partial charge < -0.3 is 28.7 Å². The van der Waals surface area contributed by atoms with E-state index in [0.29, 0.717) is 60.0 Å². The minimum atomic E-state index is -0.680. The number of benzene rings is 3. The lowest BCUT2D eigenvalue weighted by Gasteiger charge is -2.31. The van der Waals surface area contributed by atoms with Gasteiger partial charge in [0.1, 0.15) is 23.4 Å². The highest BCUT2D eigenvalue weighted by atomic mass is 19.1. The minimum Gasteiger partial charge on any atom is -0.497 e. The van der Waals surface area contributed by atoms with Crippen LogP contribution in [0.15, 0.2) is 72.8 Å². The summed E-state index contributed by atoms with van der Waals surface area (Å²) in [5, 5.41) is 0.657. The molecule has 0 radical (unpaired) electrons. The second-order valence-electron chi connectivity index (χ2n) is 15.2. The van der Waals surface area contributed by atoms with Gasteiger partial charge in [-0.05, 0) is 113 Å². The number of carbonyl (C=O) groups excluding carboxylic acids is 3. The number of hydrogen-bond donors (Lipinski definition) is 0. The standard InChI is InChI=1S/C45H53FN4O7/c1-7-56-43(52)45(4)26-33(45)13-11-9-8-10-12-24-49(27-31-14-20-35(54-5)21-15-31)44(53)50-28-36(25-38(50)30(3)51)57-42-37-22-23-39(55-6)29(2)40(37)47-41(48-42)32-16-18-34(46)19-17-32/h11,13-23,33,36,38H,7-10,12,24-28H2,1-6H3/b13-11-/t33-,36-,38+,45+/m1/s1. The predicted molar refractivity (Wildman–Crippen MR) is 216 cm³/mol. The number of nitrogens with zero attached hydrogens (tertiary/aromatic N) is 4. The van der Waals surface area contributed by atoms with Crippen molar-refractivity contribution in [3.8, 4) is 28.8 Å². The van der Waals surface area contributed by atoms with Gasteiger partial charge in [-0.25, -0.2) is 14.2 Å². The number of unbranched alkanes of at least 4 members (excludes halogenated alkanes) is 3. The van der Waals surface area contributed by atoms with Crippen LogP contribution in [0.3, 0.4) is 0 Å². The van der Waals surface area contributed by atoms with Crippen LogP contribution in [0.25, 0.3) is 22.3 Å². The Morgan fingerprint density at radius 2 is 1.74 bits per heavy atom. The first-order valence-electron chi connectivity index (χ1n) is 19.8. The lowest BCUT2D eigenvalue weighted by molar-refractivity contribution is -0.149. The number of aromatic nitrogens is 2. The van der Waals surface area contributed by atoms with Crippen LogP contribution in [0.5, 0.6) is 17.4 Å². The normalized spacial score (nSPS) is 20.1. The third-order valence-electron chi connectivity index (χ3n) is 11.1. The number of urea groups is 1. The number of fused-ring (bicyclic) bond motifs is 1. The van der Waals surface area contributed by atoms with Gasteiger partial charge in [0.25, 0.3) is 0 Å². The zero-order valence-electron chi connectivity index (χ0n) is 33.8. The van der Waals surface area contributed by atoms with Gasteiger partial charge in [0.15, 0.2) is 11.6 Å². The number of rotatable bonds is 17. The lowest BCUT2D eigenvalue weighted by atomic mass is 10.1. The van der Waals surface area contributed by atoms with Crippen molar-refractivity contribution in [2.45, 2.75) is 84.9 Å². The topological polar surface area (TPSA) is 120 Å². The number of Topliss-reactive ketones (excluding diaryl/α,β-unsaturated/α-hetero) is 1. The van der Waals surface area contributed by atoms with E-state index in [9.17, 15) is 18.8 Å². The van der Waals surface area contributed by atoms with E-state index in [4.69, 9.17) is 28.9 Å². The summed E-state index contributed by atoms with van der Waals surface area (Å²) >= 11 is 0. The second-order valence-corrected chi connectivity index (χ2v) is 15.2. The molecule has 1 aliphatic carbocycles. The van der Waals surface area contributed by atoms with Crippen LogP contribution in [0.1, 0.15) is 70.4 Å². The first-order valence-corrected chi connectivity index (χ1v) is 19.8. The lowest BCUT2D eigenvalue weighted by Crippen LogP contribution is -2.48. The van der Waals surface area contributed by atoms with Crippen molar-refractivity contribution in [2.75, 3.05) is 33.9 Å². The minimum absolute atomic E-state index is 0.125. The molecule has 0 N–H and O–H groups in total. The van der Waals surface area contributed by atoms with Crippen LogP contribution >= 0.6 is 0 Å². The highest BCUT2D eigenvalue weighted by Crippen LogP contribution is 2.54. The van der Waals surface area contributed by atoms with Crippen LogP contribution in [-0.4, -0.2) is 83.6 Å². The summed E-state index contributed by atoms with van der Waals surface area (Å²) < 4.78 is 36.6. The van der Waals surface area contributed by atoms with Gasteiger partial charge in [-0.15, -0.1) is 0 Å². The summed E-state index contributed by atoms with van der Waals surface area (Å²) in [6.07, 6.45) is 8.37. The summed E-state index contributed by atoms with van der Waals surface area (Å²) in [6.45, 7) is 8.64. The number of methoxy groups -OCH3 is 2. The molecular weight excluding hydrogens is 728 g/mol. The SMILES string of the molecule is CCOC(=O)[C@@]1(C)C[C@H]1/C=C\CCCCCN(Cc1ccc(OC)cc1)C(=O)N1C[C@H](Oc2nc(-c3ccc(F)cc3)nc3c(C)c(OC)ccc23)C[C@H]1C(C)=O. The Morgan fingerprint density at radius 1 is 0.982 bits per heavy atom. The van der Waals surface area contributed by atoms with E-state index in [2.05, 4.69) is 12.2 Å². The van der Waals surface area contributed by atoms with Crippen LogP contribution in [0, 0.1) is 24.1 Å². The van der Waals surface area contributed by atoms with Gasteiger partial charge in [0, 0.05) is 30.6 Å². The molecule has 1 aliphatic heterocycles. The number of ketones is 1. The van der Waals surface area contributed by atoms with E-state index in [0.717, 1.165) is 49.0 Å². The van der Waals surface area contributed by atoms with Gasteiger partial charge in [0.05, 0.1) is 49.7 Å². The number of allylic oxidation sites excluding steroid dienone is 2. The molecule has 4 atom stereocenters. The van der Waals surface area contributed by atoms with Crippen LogP contribution in [-0.2, 0) is 20.9 Å². The first-order chi connectivity index (χ1) is 27.4. The molecule has 302 valence electrons. The van der Waals surface area contributed by atoms with Crippen molar-refractivity contribution in [3.05, 3.63) is 89.8 Å². The third kappa shape index (κ3) is 9.55. The average molecular weight is 781 g/mol. The molecular formula is C45H53FN4O7. The molecule has 2 amide bonds. The number of halogens is 1. The van der Waals surface area contributed by atoms with Crippen molar-refractivity contribution in [3.63, 3.8) is 0 Å². The molecule has 2 fully saturated rings. The summed E-state index contributed by atoms with van der Waals surface area (Å²) in [5.41, 5.74) is 2.56. The maximum Gasteiger partial charge on any atom is 0.321 e. The fourth-order valence-electron chi connectivity index (χ4n) is 7.55. The number of esters is 1. The smallest absolute Gasteiger partial charge is 0.321 e. The number of carbonyl (C=O) groups is 3. The summed E-state index contributed by atoms with van der Waals surface area (Å²) in [6, 6.07) is 16.3. The van der Waals surface area contributed by atoms with Gasteiger partial charge >= 0.3 is 12.0 Å². The first kappa shape index (κ1) is 41.1. The van der Waals surface area contributed by atoms with Crippen molar-refractivity contribution < 1.29 is 37.7 Å². The molecule has 57 heavy (non-hydrogen) atoms. The Hall–Kier alpha value is -5.52. The highest BCUT2D eigenvalue weighted by molar-refractivity contribution is 5.90. The van der Waals surface area contributed by atoms with Crippen LogP contribution in [0.2, 0.25) is 0 Å². The number of ether oxygens (including phenoxy) is 4. The number of aryl methyl sites for hydroxylation is 1. The molecule has 1 aromatic heterocycles. The van der Waals surface area contributed by atoms with Gasteiger partial charge in [0.2, 0.25) is 5.88 Å². The molecule has 2 aliphatic rings. The molecule has 1 saturated carbocycles. The van der Waals surface area contributed by atoms with Crippen molar-refractivity contribution in [1.82, 2.24) is 19.8 Å². The van der Waals surface area contributed by atoms with Crippen LogP contribution < -0.4 is 14.2 Å². The summed E-state index contributed by atoms with van der Waals surface area (Å²) in [5.74, 6) is 1.63. The van der Waals surface area contributed by atoms with E-state index < -0.39 is 17.6 Å². The average Bonchev–Trinajstić information content (AvgIpc) is 3.69. The maximum absolute atomic E-state index is 14.5. The molecule has 1 saturated heterocycles. The van der Waals surface area contributed by atoms with Gasteiger partial charge in [-0.2, -0.15) is 4.98 Å². The molecule has 0 bridgehead atoms. The quantitative estimate of drug-likeness (QED) is 0.0590. The zero-order valence-corrected chi connectivity index (χ0v) is 33.8. The molecule has 12 heteroatoms. The Morgan fingerprint density at radius 3 is 2.42 bits per heavy atom. The Labute approximate surface area is 334 Å². The molecule has 6 rings (SSSR count). The second kappa shape index (κ2) is 18.2. The molecule has 0 unspecified atom stereocenters. The Balaban J connectivity index is 1.17. The molecule has 4 aromatic rings. The molecule has 3 aromatic carbocycles. The third-order valence-corrected chi connectivity index (χ3v) is 11.1. The van der Waals surface area contributed by atoms with E-state index in [1.807, 2.05) is 62.1 Å². The fraction of sp³-hybridized carbons (Fsp3) is 0.444. The summed E-state index contributed by atoms with van der Waals surface area (Å²) in [4.78, 5) is 52.9. The predicted octanol–water partition coefficient (Wildman–Crippen LogP) is 8.50. The van der Waals surface area contributed by atoms with E-state index in [1.165, 1.54) is 19.1 Å². The number of amides is 2. The van der Waals surface area contributed by atoms with E-state index in [-0.39, 0.29) is 36.1 Å². The molecule has 2 heterocycles. The Bertz CT molecular complexity index is 2090. The van der Waals surface area contributed by atoms with Crippen molar-refractivity contribution in [1.29, 1.82) is 0 Å². The van der Waals surface area contributed by atoms with Crippen molar-refractivity contribution in [2.24, 2.45) is 11.3 Å². The Kier molecular flexibility index (Phi) is 13.1. The maximum atomic E-state index is 14.5. The van der Waals surface area contributed by atoms with Crippen molar-refractivity contribution >= 4 is 28.7 Å². The van der Waals surface area contributed by atoms with E-state index >= 15 is 0 Å². The molecule has 11 nitrogen and oxygen atoms in total. The number of hydrogen-bond acceptors (Lipinski definition) is 9. The fourth-order valence-corrected chi connectivity index (χ4v) is 7.55.